The van der Waals surface area contributed by atoms with Crippen LogP contribution in [0, 0.1) is 0 Å². The van der Waals surface area contributed by atoms with E-state index in [0.29, 0.717) is 6.08 Å². The third-order valence-corrected chi connectivity index (χ3v) is 0.368. The summed E-state index contributed by atoms with van der Waals surface area (Å²) in [5, 5.41) is 6.76. The Labute approximate surface area is 52.6 Å². The molecule has 0 amide bonds. The van der Waals surface area contributed by atoms with E-state index in [1.54, 1.807) is 0 Å². The molecule has 0 aliphatic carbocycles. The largest absolute Gasteiger partial charge is 0.724 e. The third kappa shape index (κ3) is 20.7. The topological polar surface area (TPSA) is 65.7 Å². The molecule has 0 saturated carbocycles. The van der Waals surface area contributed by atoms with Crippen molar-refractivity contribution in [2.75, 3.05) is 7.11 Å². The maximum absolute atomic E-state index is 9.84. The predicted octanol–water partition coefficient (Wildman–Crippen LogP) is 0.237. The number of isocyanates is 1. The number of nitrogens with zero attached hydrogens (tertiary/aromatic N) is 1. The first kappa shape index (κ1) is 10.5. The zero-order valence-electron chi connectivity index (χ0n) is 4.96. The van der Waals surface area contributed by atoms with Crippen LogP contribution < -0.4 is 0 Å². The third-order valence-electron chi connectivity index (χ3n) is 0.368. The molecular formula is C5H6NO3-. The molecule has 0 heterocycles. The summed E-state index contributed by atoms with van der Waals surface area (Å²) in [5.41, 5.74) is 0. The van der Waals surface area contributed by atoms with Gasteiger partial charge in [-0.15, -0.1) is 0 Å². The lowest BCUT2D eigenvalue weighted by Crippen LogP contribution is -1.91. The number of hydrogen-bond donors (Lipinski definition) is 0. The van der Waals surface area contributed by atoms with Crippen molar-refractivity contribution in [2.24, 2.45) is 0 Å². The first-order valence-corrected chi connectivity index (χ1v) is 1.94. The summed E-state index contributed by atoms with van der Waals surface area (Å²) in [4.78, 5) is 18.1. The molecule has 0 fully saturated rings. The Hall–Kier alpha value is -1.41. The van der Waals surface area contributed by atoms with E-state index in [9.17, 15) is 4.79 Å². The summed E-state index contributed by atoms with van der Waals surface area (Å²) in [6, 6.07) is 0. The van der Waals surface area contributed by atoms with E-state index in [1.807, 2.05) is 0 Å². The molecule has 0 radical (unpaired) electrons. The number of rotatable bonds is 1. The van der Waals surface area contributed by atoms with Gasteiger partial charge in [-0.25, -0.2) is 4.79 Å². The van der Waals surface area contributed by atoms with E-state index < -0.39 is 5.97 Å². The average molecular weight is 128 g/mol. The van der Waals surface area contributed by atoms with E-state index >= 15 is 0 Å². The van der Waals surface area contributed by atoms with E-state index in [1.165, 1.54) is 7.11 Å². The van der Waals surface area contributed by atoms with Crippen molar-refractivity contribution < 1.29 is 14.3 Å². The van der Waals surface area contributed by atoms with Crippen molar-refractivity contribution in [3.63, 3.8) is 0 Å². The fraction of sp³-hybridized carbons (Fsp3) is 0.200. The lowest BCUT2D eigenvalue weighted by molar-refractivity contribution is -0.134. The van der Waals surface area contributed by atoms with Gasteiger partial charge in [0.25, 0.3) is 0 Å². The second-order valence-electron chi connectivity index (χ2n) is 0.819. The maximum atomic E-state index is 9.84. The van der Waals surface area contributed by atoms with Gasteiger partial charge in [0.2, 0.25) is 0 Å². The Morgan fingerprint density at radius 3 is 2.22 bits per heavy atom. The van der Waals surface area contributed by atoms with Crippen LogP contribution in [0.15, 0.2) is 12.7 Å². The minimum Gasteiger partial charge on any atom is -0.724 e. The quantitative estimate of drug-likeness (QED) is 0.220. The van der Waals surface area contributed by atoms with Gasteiger partial charge in [0.1, 0.15) is 0 Å². The molecule has 0 aromatic rings. The van der Waals surface area contributed by atoms with E-state index in [4.69, 9.17) is 10.2 Å². The Morgan fingerprint density at radius 1 is 1.89 bits per heavy atom. The molecule has 0 aliphatic rings. The Bertz CT molecular complexity index is 124. The van der Waals surface area contributed by atoms with Gasteiger partial charge in [-0.3, -0.25) is 4.79 Å². The Morgan fingerprint density at radius 2 is 2.22 bits per heavy atom. The first-order chi connectivity index (χ1) is 4.22. The van der Waals surface area contributed by atoms with Gasteiger partial charge < -0.3 is 10.1 Å². The molecule has 0 unspecified atom stereocenters. The molecule has 0 aromatic heterocycles. The lowest BCUT2D eigenvalue weighted by atomic mass is 10.7. The first-order valence-electron chi connectivity index (χ1n) is 1.94. The highest BCUT2D eigenvalue weighted by Gasteiger charge is 1.81. The van der Waals surface area contributed by atoms with Crippen LogP contribution in [0.5, 0.6) is 0 Å². The minimum atomic E-state index is -0.394. The van der Waals surface area contributed by atoms with Gasteiger partial charge >= 0.3 is 5.97 Å². The second-order valence-corrected chi connectivity index (χ2v) is 0.819. The van der Waals surface area contributed by atoms with Crippen LogP contribution in [0.2, 0.25) is 0 Å². The molecular weight excluding hydrogens is 122 g/mol. The normalized spacial score (nSPS) is 5.44. The van der Waals surface area contributed by atoms with Crippen molar-refractivity contribution in [2.45, 2.75) is 0 Å². The standard InChI is InChI=1S/C4H6O2.CNO/c1-3-4(5)6-2;2-1-3/h3H,1H2,2H3;/q;-1. The summed E-state index contributed by atoms with van der Waals surface area (Å²) in [7, 11) is 1.31. The molecule has 0 saturated heterocycles. The molecule has 9 heavy (non-hydrogen) atoms. The van der Waals surface area contributed by atoms with Crippen LogP contribution in [0.25, 0.3) is 5.41 Å². The summed E-state index contributed by atoms with van der Waals surface area (Å²) in [5.74, 6) is -0.394. The number of hydrogen-bond acceptors (Lipinski definition) is 3. The Kier molecular flexibility index (Phi) is 11.5. The summed E-state index contributed by atoms with van der Waals surface area (Å²) in [6.07, 6.45) is 1.61. The van der Waals surface area contributed by atoms with Gasteiger partial charge in [0.15, 0.2) is 0 Å². The molecule has 4 nitrogen and oxygen atoms in total. The number of carbonyl (C=O) groups is 1. The van der Waals surface area contributed by atoms with Crippen molar-refractivity contribution in [3.8, 4) is 0 Å². The summed E-state index contributed by atoms with van der Waals surface area (Å²) >= 11 is 0. The lowest BCUT2D eigenvalue weighted by Gasteiger charge is -1.83. The molecule has 0 aliphatic heterocycles. The monoisotopic (exact) mass is 128 g/mol. The van der Waals surface area contributed by atoms with Crippen LogP contribution in [0.3, 0.4) is 0 Å². The molecule has 0 spiro atoms. The maximum Gasteiger partial charge on any atom is 0.329 e. The van der Waals surface area contributed by atoms with E-state index in [2.05, 4.69) is 11.3 Å². The number of ether oxygens (including phenoxy) is 1. The molecule has 0 rings (SSSR count). The minimum absolute atomic E-state index is 0.394. The smallest absolute Gasteiger partial charge is 0.329 e. The summed E-state index contributed by atoms with van der Waals surface area (Å²) in [6.45, 7) is 3.16. The van der Waals surface area contributed by atoms with Crippen molar-refractivity contribution >= 4 is 12.0 Å². The fourth-order valence-corrected chi connectivity index (χ4v) is 0.0833. The molecule has 0 bridgehead atoms. The Balaban J connectivity index is 0. The highest BCUT2D eigenvalue weighted by atomic mass is 16.5. The van der Waals surface area contributed by atoms with Crippen LogP contribution in [-0.4, -0.2) is 19.2 Å². The summed E-state index contributed by atoms with van der Waals surface area (Å²) < 4.78 is 4.14. The van der Waals surface area contributed by atoms with Gasteiger partial charge in [-0.2, -0.15) is 0 Å². The van der Waals surface area contributed by atoms with Crippen LogP contribution in [0.4, 0.5) is 0 Å². The van der Waals surface area contributed by atoms with E-state index in [-0.39, 0.29) is 0 Å². The van der Waals surface area contributed by atoms with Gasteiger partial charge in [-0.05, 0) is 6.08 Å². The highest BCUT2D eigenvalue weighted by Crippen LogP contribution is 1.67. The zero-order chi connectivity index (χ0) is 7.70. The molecule has 0 atom stereocenters. The average Bonchev–Trinajstić information content (AvgIpc) is 1.88. The van der Waals surface area contributed by atoms with Gasteiger partial charge in [0, 0.05) is 6.08 Å². The van der Waals surface area contributed by atoms with Crippen molar-refractivity contribution in [3.05, 3.63) is 18.1 Å². The zero-order valence-corrected chi connectivity index (χ0v) is 4.96. The number of carbonyl (C=O) groups excluding carboxylic acids is 2. The van der Waals surface area contributed by atoms with E-state index in [0.717, 1.165) is 6.08 Å². The second kappa shape index (κ2) is 9.77. The molecule has 50 valence electrons. The van der Waals surface area contributed by atoms with Crippen LogP contribution >= 0.6 is 0 Å². The van der Waals surface area contributed by atoms with Crippen LogP contribution in [0.1, 0.15) is 0 Å². The molecule has 0 aromatic carbocycles. The molecule has 0 N–H and O–H groups in total. The number of esters is 1. The predicted molar refractivity (Wildman–Crippen MR) is 31.3 cm³/mol. The number of methoxy groups -OCH3 is 1. The molecule has 4 heteroatoms. The van der Waals surface area contributed by atoms with Crippen molar-refractivity contribution in [1.29, 1.82) is 0 Å². The van der Waals surface area contributed by atoms with Crippen molar-refractivity contribution in [1.82, 2.24) is 0 Å². The SMILES string of the molecule is C=CC(=O)OC.[N-]=C=O. The highest BCUT2D eigenvalue weighted by molar-refractivity contribution is 5.80. The van der Waals surface area contributed by atoms with Crippen LogP contribution in [-0.2, 0) is 14.3 Å². The van der Waals surface area contributed by atoms with Gasteiger partial charge in [-0.1, -0.05) is 6.58 Å². The van der Waals surface area contributed by atoms with Gasteiger partial charge in [0.05, 0.1) is 7.11 Å². The fourth-order valence-electron chi connectivity index (χ4n) is 0.0833.